The number of nitrogens with zero attached hydrogens (tertiary/aromatic N) is 5. The first-order valence-electron chi connectivity index (χ1n) is 11.1. The van der Waals surface area contributed by atoms with E-state index >= 15 is 0 Å². The SMILES string of the molecule is Cc1ccc(CN2CCOCC2)cc1NC(=O)c1nnn(-c2cccc3cnccc23)c1C. The number of nitrogens with one attached hydrogen (secondary N) is 1. The normalized spacial score (nSPS) is 14.5. The molecule has 0 spiro atoms. The highest BCUT2D eigenvalue weighted by Gasteiger charge is 2.19. The topological polar surface area (TPSA) is 85.2 Å². The lowest BCUT2D eigenvalue weighted by Crippen LogP contribution is -2.35. The van der Waals surface area contributed by atoms with Crippen LogP contribution < -0.4 is 5.32 Å². The molecular formula is C25H26N6O2. The van der Waals surface area contributed by atoms with E-state index in [2.05, 4.69) is 31.6 Å². The second-order valence-electron chi connectivity index (χ2n) is 8.30. The summed E-state index contributed by atoms with van der Waals surface area (Å²) in [6, 6.07) is 14.0. The molecule has 2 aromatic heterocycles. The fourth-order valence-electron chi connectivity index (χ4n) is 4.16. The average molecular weight is 443 g/mol. The summed E-state index contributed by atoms with van der Waals surface area (Å²) < 4.78 is 7.14. The number of benzene rings is 2. The molecule has 4 aromatic rings. The van der Waals surface area contributed by atoms with Gasteiger partial charge in [0.1, 0.15) is 0 Å². The highest BCUT2D eigenvalue weighted by molar-refractivity contribution is 6.04. The van der Waals surface area contributed by atoms with Gasteiger partial charge in [0.2, 0.25) is 0 Å². The standard InChI is InChI=1S/C25H26N6O2/c1-17-6-7-19(16-30-10-12-33-13-11-30)14-22(17)27-25(32)24-18(2)31(29-28-24)23-5-3-4-20-15-26-9-8-21(20)23/h3-9,14-15H,10-13,16H2,1-2H3,(H,27,32). The minimum absolute atomic E-state index is 0.271. The van der Waals surface area contributed by atoms with Crippen LogP contribution in [0.3, 0.4) is 0 Å². The first kappa shape index (κ1) is 21.2. The lowest BCUT2D eigenvalue weighted by Gasteiger charge is -2.26. The molecule has 1 amide bonds. The van der Waals surface area contributed by atoms with Gasteiger partial charge in [-0.25, -0.2) is 4.68 Å². The molecule has 1 N–H and O–H groups in total. The zero-order valence-corrected chi connectivity index (χ0v) is 18.8. The second-order valence-corrected chi connectivity index (χ2v) is 8.30. The van der Waals surface area contributed by atoms with Crippen LogP contribution in [0.15, 0.2) is 54.9 Å². The van der Waals surface area contributed by atoms with Crippen LogP contribution in [-0.2, 0) is 11.3 Å². The van der Waals surface area contributed by atoms with Crippen molar-refractivity contribution in [1.29, 1.82) is 0 Å². The van der Waals surface area contributed by atoms with Crippen LogP contribution in [0.1, 0.15) is 27.3 Å². The van der Waals surface area contributed by atoms with Crippen molar-refractivity contribution in [3.63, 3.8) is 0 Å². The molecule has 1 aliphatic rings. The molecule has 0 atom stereocenters. The first-order valence-corrected chi connectivity index (χ1v) is 11.1. The van der Waals surface area contributed by atoms with Crippen molar-refractivity contribution in [2.24, 2.45) is 0 Å². The number of hydrogen-bond donors (Lipinski definition) is 1. The number of morpholine rings is 1. The molecule has 5 rings (SSSR count). The number of aromatic nitrogens is 4. The van der Waals surface area contributed by atoms with Gasteiger partial charge in [0.05, 0.1) is 24.6 Å². The van der Waals surface area contributed by atoms with Crippen molar-refractivity contribution in [1.82, 2.24) is 24.9 Å². The van der Waals surface area contributed by atoms with Crippen LogP contribution in [-0.4, -0.2) is 57.1 Å². The van der Waals surface area contributed by atoms with Gasteiger partial charge < -0.3 is 10.1 Å². The summed E-state index contributed by atoms with van der Waals surface area (Å²) in [6.45, 7) is 8.04. The Bertz CT molecular complexity index is 1300. The Hall–Kier alpha value is -3.62. The number of fused-ring (bicyclic) bond motifs is 1. The fraction of sp³-hybridized carbons (Fsp3) is 0.280. The van der Waals surface area contributed by atoms with Crippen LogP contribution in [0.25, 0.3) is 16.5 Å². The predicted molar refractivity (Wildman–Crippen MR) is 127 cm³/mol. The zero-order valence-electron chi connectivity index (χ0n) is 18.8. The molecule has 0 aliphatic carbocycles. The average Bonchev–Trinajstić information content (AvgIpc) is 3.22. The van der Waals surface area contributed by atoms with Crippen molar-refractivity contribution in [3.05, 3.63) is 77.4 Å². The van der Waals surface area contributed by atoms with Crippen molar-refractivity contribution in [2.75, 3.05) is 31.6 Å². The molecule has 0 bridgehead atoms. The molecule has 1 aliphatic heterocycles. The highest BCUT2D eigenvalue weighted by Crippen LogP contribution is 2.24. The number of carbonyl (C=O) groups is 1. The fourth-order valence-corrected chi connectivity index (χ4v) is 4.16. The monoisotopic (exact) mass is 442 g/mol. The Morgan fingerprint density at radius 3 is 2.82 bits per heavy atom. The highest BCUT2D eigenvalue weighted by atomic mass is 16.5. The Labute approximate surface area is 192 Å². The summed E-state index contributed by atoms with van der Waals surface area (Å²) in [5, 5.41) is 13.5. The van der Waals surface area contributed by atoms with E-state index in [1.54, 1.807) is 10.9 Å². The number of carbonyl (C=O) groups excluding carboxylic acids is 1. The third-order valence-electron chi connectivity index (χ3n) is 6.06. The molecular weight excluding hydrogens is 416 g/mol. The number of amides is 1. The van der Waals surface area contributed by atoms with E-state index in [1.807, 2.05) is 56.4 Å². The molecule has 8 nitrogen and oxygen atoms in total. The quantitative estimate of drug-likeness (QED) is 0.509. The maximum atomic E-state index is 13.1. The number of pyridine rings is 1. The summed E-state index contributed by atoms with van der Waals surface area (Å²) in [4.78, 5) is 19.7. The number of rotatable bonds is 5. The summed E-state index contributed by atoms with van der Waals surface area (Å²) in [7, 11) is 0. The van der Waals surface area contributed by atoms with Gasteiger partial charge in [-0.05, 0) is 43.2 Å². The number of hydrogen-bond acceptors (Lipinski definition) is 6. The van der Waals surface area contributed by atoms with Crippen LogP contribution in [0.5, 0.6) is 0 Å². The molecule has 8 heteroatoms. The third-order valence-corrected chi connectivity index (χ3v) is 6.06. The van der Waals surface area contributed by atoms with Crippen LogP contribution in [0, 0.1) is 13.8 Å². The van der Waals surface area contributed by atoms with E-state index in [0.29, 0.717) is 11.4 Å². The van der Waals surface area contributed by atoms with Gasteiger partial charge >= 0.3 is 0 Å². The summed E-state index contributed by atoms with van der Waals surface area (Å²) in [5.41, 5.74) is 4.79. The molecule has 0 radical (unpaired) electrons. The maximum absolute atomic E-state index is 13.1. The Morgan fingerprint density at radius 2 is 1.97 bits per heavy atom. The summed E-state index contributed by atoms with van der Waals surface area (Å²) >= 11 is 0. The Morgan fingerprint density at radius 1 is 1.12 bits per heavy atom. The van der Waals surface area contributed by atoms with E-state index in [9.17, 15) is 4.79 Å². The van der Waals surface area contributed by atoms with Crippen molar-refractivity contribution in [3.8, 4) is 5.69 Å². The van der Waals surface area contributed by atoms with Crippen LogP contribution in [0.2, 0.25) is 0 Å². The van der Waals surface area contributed by atoms with Gasteiger partial charge in [0.15, 0.2) is 5.69 Å². The van der Waals surface area contributed by atoms with Crippen molar-refractivity contribution in [2.45, 2.75) is 20.4 Å². The summed E-state index contributed by atoms with van der Waals surface area (Å²) in [5.74, 6) is -0.271. The van der Waals surface area contributed by atoms with Gasteiger partial charge in [-0.2, -0.15) is 0 Å². The number of anilines is 1. The van der Waals surface area contributed by atoms with Gasteiger partial charge in [0.25, 0.3) is 5.91 Å². The second kappa shape index (κ2) is 9.09. The van der Waals surface area contributed by atoms with E-state index < -0.39 is 0 Å². The molecule has 0 unspecified atom stereocenters. The molecule has 33 heavy (non-hydrogen) atoms. The van der Waals surface area contributed by atoms with E-state index in [4.69, 9.17) is 4.74 Å². The first-order chi connectivity index (χ1) is 16.1. The molecule has 0 saturated carbocycles. The van der Waals surface area contributed by atoms with Gasteiger partial charge in [-0.15, -0.1) is 5.10 Å². The van der Waals surface area contributed by atoms with E-state index in [-0.39, 0.29) is 5.91 Å². The van der Waals surface area contributed by atoms with Gasteiger partial charge in [-0.3, -0.25) is 14.7 Å². The van der Waals surface area contributed by atoms with Crippen molar-refractivity contribution < 1.29 is 9.53 Å². The molecule has 1 saturated heterocycles. The Kier molecular flexibility index (Phi) is 5.85. The lowest BCUT2D eigenvalue weighted by atomic mass is 10.1. The predicted octanol–water partition coefficient (Wildman–Crippen LogP) is 3.52. The summed E-state index contributed by atoms with van der Waals surface area (Å²) in [6.07, 6.45) is 3.56. The third kappa shape index (κ3) is 4.35. The van der Waals surface area contributed by atoms with Crippen molar-refractivity contribution >= 4 is 22.4 Å². The minimum Gasteiger partial charge on any atom is -0.379 e. The Balaban J connectivity index is 1.39. The number of aryl methyl sites for hydroxylation is 1. The number of ether oxygens (including phenoxy) is 1. The van der Waals surface area contributed by atoms with Gasteiger partial charge in [0, 0.05) is 48.5 Å². The molecule has 1 fully saturated rings. The van der Waals surface area contributed by atoms with Gasteiger partial charge in [-0.1, -0.05) is 29.5 Å². The van der Waals surface area contributed by atoms with Crippen LogP contribution in [0.4, 0.5) is 5.69 Å². The van der Waals surface area contributed by atoms with E-state index in [1.165, 1.54) is 0 Å². The lowest BCUT2D eigenvalue weighted by molar-refractivity contribution is 0.0342. The maximum Gasteiger partial charge on any atom is 0.278 e. The van der Waals surface area contributed by atoms with Crippen LogP contribution >= 0.6 is 0 Å². The largest absolute Gasteiger partial charge is 0.379 e. The molecule has 2 aromatic carbocycles. The minimum atomic E-state index is -0.271. The van der Waals surface area contributed by atoms with E-state index in [0.717, 1.165) is 66.1 Å². The zero-order chi connectivity index (χ0) is 22.8. The molecule has 168 valence electrons. The molecule has 3 heterocycles. The smallest absolute Gasteiger partial charge is 0.278 e.